The zero-order valence-electron chi connectivity index (χ0n) is 25.9. The molecule has 11 heteroatoms. The number of hydrogen-bond donors (Lipinski definition) is 3. The van der Waals surface area contributed by atoms with Crippen molar-refractivity contribution in [3.05, 3.63) is 115 Å². The van der Waals surface area contributed by atoms with Crippen molar-refractivity contribution >= 4 is 46.5 Å². The summed E-state index contributed by atoms with van der Waals surface area (Å²) in [5, 5.41) is 15.0. The number of benzene rings is 4. The van der Waals surface area contributed by atoms with Crippen LogP contribution in [0.3, 0.4) is 0 Å². The van der Waals surface area contributed by atoms with E-state index < -0.39 is 30.5 Å². The molecule has 0 aliphatic heterocycles. The number of nitrogens with one attached hydrogen (secondary N) is 2. The lowest BCUT2D eigenvalue weighted by atomic mass is 10.1. The summed E-state index contributed by atoms with van der Waals surface area (Å²) in [7, 11) is 3.24. The Hall–Kier alpha value is -5.68. The molecular weight excluding hydrogens is 586 g/mol. The summed E-state index contributed by atoms with van der Waals surface area (Å²) < 4.78 is 5.90. The Balaban J connectivity index is 1.52. The second-order valence-electron chi connectivity index (χ2n) is 10.4. The van der Waals surface area contributed by atoms with Crippen molar-refractivity contribution in [2.24, 2.45) is 0 Å². The number of amides is 5. The number of urea groups is 1. The summed E-state index contributed by atoms with van der Waals surface area (Å²) in [4.78, 5) is 56.8. The molecular formula is C35H37N5O6. The predicted molar refractivity (Wildman–Crippen MR) is 178 cm³/mol. The highest BCUT2D eigenvalue weighted by Crippen LogP contribution is 2.29. The van der Waals surface area contributed by atoms with Gasteiger partial charge < -0.3 is 30.3 Å². The molecule has 0 aliphatic carbocycles. The first kappa shape index (κ1) is 33.2. The number of aliphatic hydroxyl groups excluding tert-OH is 1. The number of para-hydroxylation sites is 4. The summed E-state index contributed by atoms with van der Waals surface area (Å²) in [5.74, 6) is -1.10. The van der Waals surface area contributed by atoms with E-state index in [1.165, 1.54) is 14.7 Å². The molecule has 5 amide bonds. The van der Waals surface area contributed by atoms with Gasteiger partial charge in [0.1, 0.15) is 12.3 Å². The lowest BCUT2D eigenvalue weighted by Gasteiger charge is -2.27. The molecule has 0 aromatic heterocycles. The Morgan fingerprint density at radius 2 is 1.33 bits per heavy atom. The Kier molecular flexibility index (Phi) is 11.5. The number of aliphatic hydroxyl groups is 1. The molecule has 0 heterocycles. The third-order valence-corrected chi connectivity index (χ3v) is 7.16. The van der Waals surface area contributed by atoms with Gasteiger partial charge in [-0.05, 0) is 61.0 Å². The molecule has 4 aromatic carbocycles. The van der Waals surface area contributed by atoms with Crippen LogP contribution in [0.15, 0.2) is 109 Å². The SMILES string of the molecule is CC(O)c1cccc(NC(=O)NCC(=O)N(CC(=O)N(C)c2ccccc2)c2ccccc2OCC(=O)N(C)c2ccccc2)c1. The maximum absolute atomic E-state index is 13.7. The molecule has 46 heavy (non-hydrogen) atoms. The fourth-order valence-corrected chi connectivity index (χ4v) is 4.48. The molecule has 0 bridgehead atoms. The van der Waals surface area contributed by atoms with Gasteiger partial charge in [0.2, 0.25) is 11.8 Å². The van der Waals surface area contributed by atoms with Crippen molar-refractivity contribution in [1.82, 2.24) is 5.32 Å². The minimum absolute atomic E-state index is 0.209. The van der Waals surface area contributed by atoms with E-state index in [0.717, 1.165) is 0 Å². The van der Waals surface area contributed by atoms with Gasteiger partial charge in [-0.15, -0.1) is 0 Å². The number of hydrogen-bond acceptors (Lipinski definition) is 6. The van der Waals surface area contributed by atoms with Crippen molar-refractivity contribution in [2.75, 3.05) is 53.8 Å². The average molecular weight is 624 g/mol. The van der Waals surface area contributed by atoms with Gasteiger partial charge in [-0.25, -0.2) is 4.79 Å². The van der Waals surface area contributed by atoms with Crippen LogP contribution >= 0.6 is 0 Å². The topological polar surface area (TPSA) is 132 Å². The minimum Gasteiger partial charge on any atom is -0.482 e. The number of rotatable bonds is 12. The zero-order valence-corrected chi connectivity index (χ0v) is 25.9. The second kappa shape index (κ2) is 15.9. The quantitative estimate of drug-likeness (QED) is 0.212. The second-order valence-corrected chi connectivity index (χ2v) is 10.4. The fourth-order valence-electron chi connectivity index (χ4n) is 4.48. The molecule has 0 aliphatic rings. The summed E-state index contributed by atoms with van der Waals surface area (Å²) in [5.41, 5.74) is 2.63. The van der Waals surface area contributed by atoms with Crippen LogP contribution in [0.2, 0.25) is 0 Å². The highest BCUT2D eigenvalue weighted by Gasteiger charge is 2.25. The minimum atomic E-state index is -0.720. The normalized spacial score (nSPS) is 11.1. The molecule has 0 saturated heterocycles. The highest BCUT2D eigenvalue weighted by atomic mass is 16.5. The van der Waals surface area contributed by atoms with Crippen molar-refractivity contribution in [2.45, 2.75) is 13.0 Å². The molecule has 11 nitrogen and oxygen atoms in total. The maximum Gasteiger partial charge on any atom is 0.319 e. The van der Waals surface area contributed by atoms with Crippen LogP contribution in [0.25, 0.3) is 0 Å². The van der Waals surface area contributed by atoms with Crippen LogP contribution in [0, 0.1) is 0 Å². The average Bonchev–Trinajstić information content (AvgIpc) is 3.08. The first-order valence-electron chi connectivity index (χ1n) is 14.6. The number of ether oxygens (including phenoxy) is 1. The first-order valence-corrected chi connectivity index (χ1v) is 14.6. The Bertz CT molecular complexity index is 1650. The molecule has 4 rings (SSSR count). The highest BCUT2D eigenvalue weighted by molar-refractivity contribution is 6.06. The maximum atomic E-state index is 13.7. The monoisotopic (exact) mass is 623 g/mol. The van der Waals surface area contributed by atoms with E-state index >= 15 is 0 Å². The van der Waals surface area contributed by atoms with Crippen LogP contribution in [-0.2, 0) is 14.4 Å². The molecule has 0 fully saturated rings. The van der Waals surface area contributed by atoms with Gasteiger partial charge in [-0.2, -0.15) is 0 Å². The van der Waals surface area contributed by atoms with Crippen molar-refractivity contribution < 1.29 is 29.0 Å². The van der Waals surface area contributed by atoms with Crippen LogP contribution in [0.1, 0.15) is 18.6 Å². The van der Waals surface area contributed by atoms with E-state index in [4.69, 9.17) is 4.74 Å². The third kappa shape index (κ3) is 8.93. The first-order chi connectivity index (χ1) is 22.1. The lowest BCUT2D eigenvalue weighted by Crippen LogP contribution is -2.46. The number of likely N-dealkylation sites (N-methyl/N-ethyl adjacent to an activating group) is 2. The third-order valence-electron chi connectivity index (χ3n) is 7.16. The summed E-state index contributed by atoms with van der Waals surface area (Å²) in [6.45, 7) is 0.465. The van der Waals surface area contributed by atoms with Gasteiger partial charge in [-0.3, -0.25) is 19.3 Å². The van der Waals surface area contributed by atoms with Gasteiger partial charge in [0.15, 0.2) is 6.61 Å². The molecule has 4 aromatic rings. The molecule has 0 radical (unpaired) electrons. The van der Waals surface area contributed by atoms with Crippen molar-refractivity contribution in [3.8, 4) is 5.75 Å². The van der Waals surface area contributed by atoms with E-state index in [1.807, 2.05) is 24.3 Å². The van der Waals surface area contributed by atoms with Crippen LogP contribution in [0.5, 0.6) is 5.75 Å². The largest absolute Gasteiger partial charge is 0.482 e. The summed E-state index contributed by atoms with van der Waals surface area (Å²) in [6, 6.07) is 30.7. The lowest BCUT2D eigenvalue weighted by molar-refractivity contribution is -0.121. The zero-order chi connectivity index (χ0) is 33.1. The van der Waals surface area contributed by atoms with Gasteiger partial charge in [0.05, 0.1) is 18.3 Å². The van der Waals surface area contributed by atoms with Crippen molar-refractivity contribution in [1.29, 1.82) is 0 Å². The van der Waals surface area contributed by atoms with Gasteiger partial charge in [0, 0.05) is 31.2 Å². The molecule has 3 N–H and O–H groups in total. The molecule has 238 valence electrons. The van der Waals surface area contributed by atoms with Gasteiger partial charge >= 0.3 is 6.03 Å². The standard InChI is InChI=1S/C35H37N5O6/c1-25(41)26-13-12-14-27(21-26)37-35(45)36-22-32(42)40(23-33(43)38(2)28-15-6-4-7-16-28)30-19-10-11-20-31(30)46-24-34(44)39(3)29-17-8-5-9-18-29/h4-21,25,41H,22-24H2,1-3H3,(H2,36,37,45). The van der Waals surface area contributed by atoms with Gasteiger partial charge in [-0.1, -0.05) is 60.7 Å². The Morgan fingerprint density at radius 1 is 0.739 bits per heavy atom. The molecule has 0 spiro atoms. The Labute approximate surface area is 268 Å². The summed E-state index contributed by atoms with van der Waals surface area (Å²) in [6.07, 6.45) is -0.720. The fraction of sp³-hybridized carbons (Fsp3) is 0.200. The number of carbonyl (C=O) groups is 4. The molecule has 1 atom stereocenters. The van der Waals surface area contributed by atoms with E-state index in [2.05, 4.69) is 10.6 Å². The van der Waals surface area contributed by atoms with Crippen LogP contribution in [-0.4, -0.2) is 62.7 Å². The number of nitrogens with zero attached hydrogens (tertiary/aromatic N) is 3. The van der Waals surface area contributed by atoms with Crippen LogP contribution < -0.4 is 30.1 Å². The molecule has 0 saturated carbocycles. The van der Waals surface area contributed by atoms with E-state index in [0.29, 0.717) is 22.6 Å². The number of anilines is 4. The predicted octanol–water partition coefficient (Wildman–Crippen LogP) is 4.60. The molecule has 1 unspecified atom stereocenters. The van der Waals surface area contributed by atoms with E-state index in [9.17, 15) is 24.3 Å². The summed E-state index contributed by atoms with van der Waals surface area (Å²) >= 11 is 0. The number of carbonyl (C=O) groups excluding carboxylic acids is 4. The van der Waals surface area contributed by atoms with Crippen molar-refractivity contribution in [3.63, 3.8) is 0 Å². The van der Waals surface area contributed by atoms with Crippen LogP contribution in [0.4, 0.5) is 27.5 Å². The van der Waals surface area contributed by atoms with Gasteiger partial charge in [0.25, 0.3) is 5.91 Å². The van der Waals surface area contributed by atoms with E-state index in [-0.39, 0.29) is 30.5 Å². The Morgan fingerprint density at radius 3 is 1.96 bits per heavy atom. The van der Waals surface area contributed by atoms with E-state index in [1.54, 1.807) is 106 Å². The smallest absolute Gasteiger partial charge is 0.319 e.